The van der Waals surface area contributed by atoms with Crippen molar-refractivity contribution in [3.8, 4) is 0 Å². The maximum atomic E-state index is 12.3. The Bertz CT molecular complexity index is 376. The van der Waals surface area contributed by atoms with Crippen LogP contribution in [0.5, 0.6) is 0 Å². The summed E-state index contributed by atoms with van der Waals surface area (Å²) < 4.78 is 0. The Morgan fingerprint density at radius 2 is 1.90 bits per heavy atom. The molecule has 0 aromatic heterocycles. The number of hydrogen-bond acceptors (Lipinski definition) is 3. The van der Waals surface area contributed by atoms with E-state index in [0.717, 1.165) is 12.8 Å². The Labute approximate surface area is 120 Å². The molecule has 6 heteroatoms. The zero-order valence-electron chi connectivity index (χ0n) is 12.4. The van der Waals surface area contributed by atoms with Crippen LogP contribution in [-0.4, -0.2) is 65.7 Å². The highest BCUT2D eigenvalue weighted by atomic mass is 16.4. The first-order chi connectivity index (χ1) is 9.38. The third-order valence-electron chi connectivity index (χ3n) is 4.57. The summed E-state index contributed by atoms with van der Waals surface area (Å²) in [6, 6.07) is 0.256. The van der Waals surface area contributed by atoms with Gasteiger partial charge in [-0.15, -0.1) is 0 Å². The van der Waals surface area contributed by atoms with Crippen molar-refractivity contribution in [2.75, 3.05) is 32.7 Å². The Morgan fingerprint density at radius 1 is 1.25 bits per heavy atom. The predicted octanol–water partition coefficient (Wildman–Crippen LogP) is 0.977. The molecular weight excluding hydrogens is 258 g/mol. The highest BCUT2D eigenvalue weighted by molar-refractivity contribution is 5.75. The lowest BCUT2D eigenvalue weighted by atomic mass is 9.87. The van der Waals surface area contributed by atoms with Crippen LogP contribution in [0.4, 0.5) is 4.79 Å². The molecule has 0 aromatic rings. The van der Waals surface area contributed by atoms with E-state index in [1.165, 1.54) is 6.42 Å². The minimum absolute atomic E-state index is 0.0000463. The summed E-state index contributed by atoms with van der Waals surface area (Å²) >= 11 is 0. The lowest BCUT2D eigenvalue weighted by molar-refractivity contribution is -0.138. The van der Waals surface area contributed by atoms with E-state index < -0.39 is 5.97 Å². The fraction of sp³-hybridized carbons (Fsp3) is 0.857. The highest BCUT2D eigenvalue weighted by Gasteiger charge is 2.36. The third kappa shape index (κ3) is 3.62. The Morgan fingerprint density at radius 3 is 2.40 bits per heavy atom. The molecule has 2 fully saturated rings. The molecule has 0 aromatic carbocycles. The highest BCUT2D eigenvalue weighted by Crippen LogP contribution is 2.37. The van der Waals surface area contributed by atoms with E-state index >= 15 is 0 Å². The standard InChI is InChI=1S/C14H25N3O3/c1-14(2)5-3-4-11(14)15-13(20)17-8-6-16(7-9-17)10-12(18)19/h11H,3-10H2,1-2H3,(H,15,20)(H,18,19). The van der Waals surface area contributed by atoms with E-state index in [2.05, 4.69) is 19.2 Å². The minimum atomic E-state index is -0.810. The maximum absolute atomic E-state index is 12.3. The number of piperazine rings is 1. The predicted molar refractivity (Wildman–Crippen MR) is 75.6 cm³/mol. The van der Waals surface area contributed by atoms with Crippen LogP contribution in [0.2, 0.25) is 0 Å². The number of carbonyl (C=O) groups excluding carboxylic acids is 1. The normalized spacial score (nSPS) is 26.5. The molecule has 6 nitrogen and oxygen atoms in total. The summed E-state index contributed by atoms with van der Waals surface area (Å²) in [5.41, 5.74) is 0.181. The fourth-order valence-electron chi connectivity index (χ4n) is 3.14. The quantitative estimate of drug-likeness (QED) is 0.810. The second-order valence-electron chi connectivity index (χ2n) is 6.54. The van der Waals surface area contributed by atoms with E-state index in [1.54, 1.807) is 4.90 Å². The van der Waals surface area contributed by atoms with Crippen molar-refractivity contribution in [2.45, 2.75) is 39.2 Å². The van der Waals surface area contributed by atoms with E-state index in [4.69, 9.17) is 5.11 Å². The van der Waals surface area contributed by atoms with E-state index in [-0.39, 0.29) is 24.0 Å². The van der Waals surface area contributed by atoms with E-state index in [9.17, 15) is 9.59 Å². The molecule has 1 atom stereocenters. The van der Waals surface area contributed by atoms with Gasteiger partial charge in [0, 0.05) is 32.2 Å². The van der Waals surface area contributed by atoms with Crippen molar-refractivity contribution >= 4 is 12.0 Å². The smallest absolute Gasteiger partial charge is 0.317 e. The molecule has 1 heterocycles. The second kappa shape index (κ2) is 5.99. The van der Waals surface area contributed by atoms with Crippen LogP contribution < -0.4 is 5.32 Å². The van der Waals surface area contributed by atoms with Crippen molar-refractivity contribution in [2.24, 2.45) is 5.41 Å². The summed E-state index contributed by atoms with van der Waals surface area (Å²) in [5, 5.41) is 11.9. The topological polar surface area (TPSA) is 72.9 Å². The van der Waals surface area contributed by atoms with Crippen LogP contribution >= 0.6 is 0 Å². The second-order valence-corrected chi connectivity index (χ2v) is 6.54. The van der Waals surface area contributed by atoms with Gasteiger partial charge in [0.15, 0.2) is 0 Å². The lowest BCUT2D eigenvalue weighted by Gasteiger charge is -2.36. The van der Waals surface area contributed by atoms with E-state index in [0.29, 0.717) is 26.2 Å². The molecule has 0 radical (unpaired) electrons. The van der Waals surface area contributed by atoms with Gasteiger partial charge < -0.3 is 15.3 Å². The monoisotopic (exact) mass is 283 g/mol. The molecule has 20 heavy (non-hydrogen) atoms. The Balaban J connectivity index is 1.79. The van der Waals surface area contributed by atoms with Gasteiger partial charge in [0.1, 0.15) is 0 Å². The number of nitrogens with one attached hydrogen (secondary N) is 1. The van der Waals surface area contributed by atoms with Crippen molar-refractivity contribution in [1.29, 1.82) is 0 Å². The molecule has 0 bridgehead atoms. The number of urea groups is 1. The van der Waals surface area contributed by atoms with Crippen LogP contribution in [0.3, 0.4) is 0 Å². The van der Waals surface area contributed by atoms with Crippen LogP contribution in [0.25, 0.3) is 0 Å². The fourth-order valence-corrected chi connectivity index (χ4v) is 3.14. The first-order valence-electron chi connectivity index (χ1n) is 7.38. The van der Waals surface area contributed by atoms with Gasteiger partial charge in [0.25, 0.3) is 0 Å². The van der Waals surface area contributed by atoms with Gasteiger partial charge in [-0.1, -0.05) is 20.3 Å². The summed E-state index contributed by atoms with van der Waals surface area (Å²) in [5.74, 6) is -0.810. The lowest BCUT2D eigenvalue weighted by Crippen LogP contribution is -2.55. The number of hydrogen-bond donors (Lipinski definition) is 2. The SMILES string of the molecule is CC1(C)CCCC1NC(=O)N1CCN(CC(=O)O)CC1. The Kier molecular flexibility index (Phi) is 4.52. The zero-order valence-corrected chi connectivity index (χ0v) is 12.4. The van der Waals surface area contributed by atoms with Gasteiger partial charge in [-0.05, 0) is 18.3 Å². The van der Waals surface area contributed by atoms with Crippen LogP contribution in [0.1, 0.15) is 33.1 Å². The average Bonchev–Trinajstić information content (AvgIpc) is 2.69. The number of nitrogens with zero attached hydrogens (tertiary/aromatic N) is 2. The van der Waals surface area contributed by atoms with Crippen molar-refractivity contribution in [3.05, 3.63) is 0 Å². The molecule has 1 aliphatic heterocycles. The van der Waals surface area contributed by atoms with Crippen molar-refractivity contribution in [3.63, 3.8) is 0 Å². The van der Waals surface area contributed by atoms with Gasteiger partial charge in [-0.3, -0.25) is 9.69 Å². The molecule has 1 saturated heterocycles. The summed E-state index contributed by atoms with van der Waals surface area (Å²) in [6.45, 7) is 6.94. The molecular formula is C14H25N3O3. The zero-order chi connectivity index (χ0) is 14.8. The molecule has 114 valence electrons. The Hall–Kier alpha value is -1.30. The minimum Gasteiger partial charge on any atom is -0.480 e. The summed E-state index contributed by atoms with van der Waals surface area (Å²) in [7, 11) is 0. The molecule has 1 aliphatic carbocycles. The van der Waals surface area contributed by atoms with Gasteiger partial charge in [0.05, 0.1) is 6.54 Å². The molecule has 2 N–H and O–H groups in total. The number of rotatable bonds is 3. The number of amides is 2. The largest absolute Gasteiger partial charge is 0.480 e. The number of carboxylic acids is 1. The first-order valence-corrected chi connectivity index (χ1v) is 7.38. The van der Waals surface area contributed by atoms with Gasteiger partial charge in [0.2, 0.25) is 0 Å². The summed E-state index contributed by atoms with van der Waals surface area (Å²) in [6.07, 6.45) is 3.38. The number of aliphatic carboxylic acids is 1. The molecule has 1 saturated carbocycles. The maximum Gasteiger partial charge on any atom is 0.317 e. The van der Waals surface area contributed by atoms with Crippen molar-refractivity contribution in [1.82, 2.24) is 15.1 Å². The first kappa shape index (κ1) is 15.1. The molecule has 0 spiro atoms. The molecule has 1 unspecified atom stereocenters. The molecule has 2 rings (SSSR count). The van der Waals surface area contributed by atoms with Crippen LogP contribution in [-0.2, 0) is 4.79 Å². The van der Waals surface area contributed by atoms with Gasteiger partial charge in [-0.2, -0.15) is 0 Å². The van der Waals surface area contributed by atoms with Gasteiger partial charge in [-0.25, -0.2) is 4.79 Å². The molecule has 2 aliphatic rings. The average molecular weight is 283 g/mol. The van der Waals surface area contributed by atoms with E-state index in [1.807, 2.05) is 4.90 Å². The van der Waals surface area contributed by atoms with Gasteiger partial charge >= 0.3 is 12.0 Å². The molecule has 2 amide bonds. The van der Waals surface area contributed by atoms with Crippen molar-refractivity contribution < 1.29 is 14.7 Å². The van der Waals surface area contributed by atoms with Crippen LogP contribution in [0.15, 0.2) is 0 Å². The third-order valence-corrected chi connectivity index (χ3v) is 4.57. The van der Waals surface area contributed by atoms with Crippen LogP contribution in [0, 0.1) is 5.41 Å². The number of carbonyl (C=O) groups is 2. The number of carboxylic acid groups (broad SMARTS) is 1. The summed E-state index contributed by atoms with van der Waals surface area (Å²) in [4.78, 5) is 26.6.